The Morgan fingerprint density at radius 2 is 2.04 bits per heavy atom. The molecule has 0 radical (unpaired) electrons. The fraction of sp³-hybridized carbons (Fsp3) is 0.238. The number of hydrogen-bond donors (Lipinski definition) is 1. The van der Waals surface area contributed by atoms with Gasteiger partial charge < -0.3 is 19.4 Å². The van der Waals surface area contributed by atoms with Gasteiger partial charge in [-0.2, -0.15) is 0 Å². The number of pyridine rings is 1. The van der Waals surface area contributed by atoms with Crippen LogP contribution < -0.4 is 5.32 Å². The number of ether oxygens (including phenoxy) is 2. The molecule has 1 N–H and O–H groups in total. The van der Waals surface area contributed by atoms with Gasteiger partial charge in [-0.1, -0.05) is 12.1 Å². The molecule has 0 saturated heterocycles. The van der Waals surface area contributed by atoms with Crippen LogP contribution in [-0.2, 0) is 16.5 Å². The molecular formula is C21H22N4O3. The fourth-order valence-corrected chi connectivity index (χ4v) is 3.33. The van der Waals surface area contributed by atoms with Crippen LogP contribution in [0.3, 0.4) is 0 Å². The number of fused-ring (bicyclic) bond motifs is 2. The maximum absolute atomic E-state index is 12.0. The molecule has 1 aromatic carbocycles. The van der Waals surface area contributed by atoms with Crippen LogP contribution in [0, 0.1) is 0 Å². The third kappa shape index (κ3) is 3.10. The van der Waals surface area contributed by atoms with Crippen molar-refractivity contribution < 1.29 is 14.3 Å². The third-order valence-electron chi connectivity index (χ3n) is 4.80. The van der Waals surface area contributed by atoms with Gasteiger partial charge in [0.25, 0.3) is 0 Å². The van der Waals surface area contributed by atoms with Crippen molar-refractivity contribution in [3.05, 3.63) is 54.4 Å². The topological polar surface area (TPSA) is 69.8 Å². The predicted molar refractivity (Wildman–Crippen MR) is 109 cm³/mol. The van der Waals surface area contributed by atoms with E-state index in [2.05, 4.69) is 34.1 Å². The normalized spacial score (nSPS) is 11.2. The third-order valence-corrected chi connectivity index (χ3v) is 4.80. The number of hydrogen-bond acceptors (Lipinski definition) is 5. The largest absolute Gasteiger partial charge is 0.465 e. The Balaban J connectivity index is 1.88. The number of nitrogens with one attached hydrogen (secondary N) is 1. The summed E-state index contributed by atoms with van der Waals surface area (Å²) >= 11 is 0. The number of nitrogens with zero attached hydrogens (tertiary/aromatic N) is 3. The molecule has 0 aliphatic heterocycles. The summed E-state index contributed by atoms with van der Waals surface area (Å²) in [6.45, 7) is 1.17. The first kappa shape index (κ1) is 18.1. The van der Waals surface area contributed by atoms with Crippen LogP contribution in [0.1, 0.15) is 10.4 Å². The highest BCUT2D eigenvalue weighted by Gasteiger charge is 2.17. The van der Waals surface area contributed by atoms with Crippen LogP contribution in [0.5, 0.6) is 0 Å². The van der Waals surface area contributed by atoms with Crippen molar-refractivity contribution in [2.75, 3.05) is 32.7 Å². The number of carbonyl (C=O) groups excluding carboxylic acids is 1. The zero-order valence-corrected chi connectivity index (χ0v) is 16.1. The molecule has 144 valence electrons. The molecule has 0 aliphatic carbocycles. The van der Waals surface area contributed by atoms with Crippen molar-refractivity contribution in [2.24, 2.45) is 7.05 Å². The second-order valence-electron chi connectivity index (χ2n) is 6.57. The predicted octanol–water partition coefficient (Wildman–Crippen LogP) is 3.34. The van der Waals surface area contributed by atoms with Crippen molar-refractivity contribution in [3.8, 4) is 11.3 Å². The molecule has 4 rings (SSSR count). The van der Waals surface area contributed by atoms with Crippen molar-refractivity contribution in [3.63, 3.8) is 0 Å². The van der Waals surface area contributed by atoms with Crippen molar-refractivity contribution >= 4 is 28.3 Å². The lowest BCUT2D eigenvalue weighted by Crippen LogP contribution is -2.10. The molecule has 0 unspecified atom stereocenters. The highest BCUT2D eigenvalue weighted by atomic mass is 16.5. The molecule has 3 heterocycles. The molecule has 0 amide bonds. The van der Waals surface area contributed by atoms with Crippen LogP contribution >= 0.6 is 0 Å². The highest BCUT2D eigenvalue weighted by molar-refractivity contribution is 5.91. The number of aromatic nitrogens is 3. The lowest BCUT2D eigenvalue weighted by Gasteiger charge is -2.09. The van der Waals surface area contributed by atoms with E-state index < -0.39 is 0 Å². The molecule has 0 aliphatic rings. The first-order valence-corrected chi connectivity index (χ1v) is 9.01. The van der Waals surface area contributed by atoms with E-state index in [-0.39, 0.29) is 5.97 Å². The number of imidazole rings is 1. The van der Waals surface area contributed by atoms with Gasteiger partial charge in [-0.05, 0) is 29.7 Å². The molecule has 7 heteroatoms. The maximum atomic E-state index is 12.0. The van der Waals surface area contributed by atoms with Gasteiger partial charge in [0.2, 0.25) is 0 Å². The van der Waals surface area contributed by atoms with Gasteiger partial charge in [0.1, 0.15) is 17.2 Å². The van der Waals surface area contributed by atoms with E-state index in [1.807, 2.05) is 23.7 Å². The van der Waals surface area contributed by atoms with Crippen molar-refractivity contribution in [1.29, 1.82) is 0 Å². The monoisotopic (exact) mass is 378 g/mol. The number of carbonyl (C=O) groups is 1. The van der Waals surface area contributed by atoms with E-state index in [4.69, 9.17) is 14.5 Å². The summed E-state index contributed by atoms with van der Waals surface area (Å²) in [6, 6.07) is 11.9. The van der Waals surface area contributed by atoms with E-state index >= 15 is 0 Å². The Hall–Kier alpha value is -3.32. The van der Waals surface area contributed by atoms with E-state index in [1.54, 1.807) is 19.4 Å². The Kier molecular flexibility index (Phi) is 4.75. The highest BCUT2D eigenvalue weighted by Crippen LogP contribution is 2.31. The zero-order chi connectivity index (χ0) is 19.7. The SMILES string of the molecule is COCCNc1c(-c2ccc3ccn(C)c3c2)nc2ccc(C(=O)OC)cn12. The molecule has 0 bridgehead atoms. The maximum Gasteiger partial charge on any atom is 0.339 e. The van der Waals surface area contributed by atoms with E-state index in [1.165, 1.54) is 12.5 Å². The molecule has 4 aromatic rings. The van der Waals surface area contributed by atoms with Crippen LogP contribution in [0.4, 0.5) is 5.82 Å². The fourth-order valence-electron chi connectivity index (χ4n) is 3.33. The van der Waals surface area contributed by atoms with Crippen molar-refractivity contribution in [1.82, 2.24) is 14.0 Å². The number of aryl methyl sites for hydroxylation is 1. The quantitative estimate of drug-likeness (QED) is 0.412. The zero-order valence-electron chi connectivity index (χ0n) is 16.1. The van der Waals surface area contributed by atoms with Gasteiger partial charge in [0.15, 0.2) is 0 Å². The van der Waals surface area contributed by atoms with Gasteiger partial charge >= 0.3 is 5.97 Å². The molecule has 3 aromatic heterocycles. The van der Waals surface area contributed by atoms with Crippen LogP contribution in [0.2, 0.25) is 0 Å². The molecule has 0 atom stereocenters. The summed E-state index contributed by atoms with van der Waals surface area (Å²) in [4.78, 5) is 16.8. The summed E-state index contributed by atoms with van der Waals surface area (Å²) < 4.78 is 14.0. The van der Waals surface area contributed by atoms with Crippen molar-refractivity contribution in [2.45, 2.75) is 0 Å². The Bertz CT molecular complexity index is 1160. The van der Waals surface area contributed by atoms with Crippen LogP contribution in [0.15, 0.2) is 48.8 Å². The smallest absolute Gasteiger partial charge is 0.339 e. The van der Waals surface area contributed by atoms with Gasteiger partial charge in [-0.3, -0.25) is 4.40 Å². The number of esters is 1. The number of anilines is 1. The average Bonchev–Trinajstić information content (AvgIpc) is 3.27. The lowest BCUT2D eigenvalue weighted by molar-refractivity contribution is 0.0600. The molecule has 0 fully saturated rings. The second-order valence-corrected chi connectivity index (χ2v) is 6.57. The molecule has 0 saturated carbocycles. The minimum absolute atomic E-state index is 0.384. The molecule has 7 nitrogen and oxygen atoms in total. The van der Waals surface area contributed by atoms with E-state index in [9.17, 15) is 4.79 Å². The van der Waals surface area contributed by atoms with Gasteiger partial charge in [-0.15, -0.1) is 0 Å². The van der Waals surface area contributed by atoms with Crippen LogP contribution in [0.25, 0.3) is 27.8 Å². The minimum atomic E-state index is -0.384. The second kappa shape index (κ2) is 7.36. The molecule has 28 heavy (non-hydrogen) atoms. The van der Waals surface area contributed by atoms with E-state index in [0.717, 1.165) is 28.2 Å². The summed E-state index contributed by atoms with van der Waals surface area (Å²) in [6.07, 6.45) is 3.78. The summed E-state index contributed by atoms with van der Waals surface area (Å²) in [7, 11) is 5.06. The minimum Gasteiger partial charge on any atom is -0.465 e. The standard InChI is InChI=1S/C21H22N4O3/c1-24-10-8-14-4-5-15(12-17(14)24)19-20(22-9-11-27-2)25-13-16(21(26)28-3)6-7-18(25)23-19/h4-8,10,12-13,22H,9,11H2,1-3H3. The summed E-state index contributed by atoms with van der Waals surface area (Å²) in [5.41, 5.74) is 4.16. The number of rotatable bonds is 6. The lowest BCUT2D eigenvalue weighted by atomic mass is 10.1. The van der Waals surface area contributed by atoms with Crippen LogP contribution in [-0.4, -0.2) is 47.3 Å². The first-order valence-electron chi connectivity index (χ1n) is 9.01. The number of benzene rings is 1. The van der Waals surface area contributed by atoms with Gasteiger partial charge in [-0.25, -0.2) is 9.78 Å². The Morgan fingerprint density at radius 3 is 2.82 bits per heavy atom. The summed E-state index contributed by atoms with van der Waals surface area (Å²) in [5, 5.41) is 4.57. The van der Waals surface area contributed by atoms with E-state index in [0.29, 0.717) is 18.7 Å². The Labute approximate surface area is 162 Å². The summed E-state index contributed by atoms with van der Waals surface area (Å²) in [5.74, 6) is 0.427. The Morgan fingerprint density at radius 1 is 1.18 bits per heavy atom. The molecular weight excluding hydrogens is 356 g/mol. The number of methoxy groups -OCH3 is 2. The van der Waals surface area contributed by atoms with Gasteiger partial charge in [0.05, 0.1) is 19.3 Å². The first-order chi connectivity index (χ1) is 13.6. The van der Waals surface area contributed by atoms with Gasteiger partial charge in [0, 0.05) is 44.2 Å². The molecule has 0 spiro atoms. The average molecular weight is 378 g/mol.